The first-order valence-corrected chi connectivity index (χ1v) is 12.1. The maximum Gasteiger partial charge on any atom is 0.243 e. The molecule has 1 N–H and O–H groups in total. The molecular weight excluding hydrogens is 472 g/mol. The largest absolute Gasteiger partial charge is 0.496 e. The first-order chi connectivity index (χ1) is 15.8. The molecule has 1 aliphatic rings. The van der Waals surface area contributed by atoms with E-state index in [9.17, 15) is 13.2 Å². The number of halogens is 1. The molecule has 1 aliphatic heterocycles. The van der Waals surface area contributed by atoms with Crippen LogP contribution in [0.15, 0.2) is 35.2 Å². The lowest BCUT2D eigenvalue weighted by Gasteiger charge is -2.26. The van der Waals surface area contributed by atoms with E-state index in [1.165, 1.54) is 31.7 Å². The van der Waals surface area contributed by atoms with Gasteiger partial charge in [-0.1, -0.05) is 11.6 Å². The lowest BCUT2D eigenvalue weighted by Crippen LogP contribution is -2.40. The van der Waals surface area contributed by atoms with Gasteiger partial charge < -0.3 is 24.3 Å². The highest BCUT2D eigenvalue weighted by Crippen LogP contribution is 2.36. The molecule has 0 radical (unpaired) electrons. The quantitative estimate of drug-likeness (QED) is 0.567. The minimum absolute atomic E-state index is 0.0888. The summed E-state index contributed by atoms with van der Waals surface area (Å²) in [6, 6.07) is 7.81. The van der Waals surface area contributed by atoms with E-state index in [1.54, 1.807) is 24.3 Å². The molecule has 0 aromatic heterocycles. The van der Waals surface area contributed by atoms with E-state index in [-0.39, 0.29) is 23.6 Å². The van der Waals surface area contributed by atoms with E-state index in [0.717, 1.165) is 0 Å². The molecule has 11 heteroatoms. The number of hydrogen-bond donors (Lipinski definition) is 1. The molecule has 2 aromatic carbocycles. The van der Waals surface area contributed by atoms with Crippen molar-refractivity contribution in [1.82, 2.24) is 4.31 Å². The van der Waals surface area contributed by atoms with Crippen LogP contribution in [-0.4, -0.2) is 66.3 Å². The lowest BCUT2D eigenvalue weighted by molar-refractivity contribution is -0.116. The number of methoxy groups -OCH3 is 3. The Morgan fingerprint density at radius 1 is 1.03 bits per heavy atom. The highest BCUT2D eigenvalue weighted by atomic mass is 35.5. The molecule has 9 nitrogen and oxygen atoms in total. The van der Waals surface area contributed by atoms with Crippen molar-refractivity contribution in [2.24, 2.45) is 0 Å². The topological polar surface area (TPSA) is 103 Å². The minimum Gasteiger partial charge on any atom is -0.496 e. The lowest BCUT2D eigenvalue weighted by atomic mass is 10.1. The van der Waals surface area contributed by atoms with Gasteiger partial charge in [0, 0.05) is 31.6 Å². The third-order valence-electron chi connectivity index (χ3n) is 5.23. The Balaban J connectivity index is 1.75. The number of nitrogens with zero attached hydrogens (tertiary/aromatic N) is 1. The van der Waals surface area contributed by atoms with Crippen LogP contribution >= 0.6 is 11.6 Å². The van der Waals surface area contributed by atoms with Gasteiger partial charge in [-0.3, -0.25) is 4.79 Å². The van der Waals surface area contributed by atoms with Crippen LogP contribution in [0, 0.1) is 0 Å². The summed E-state index contributed by atoms with van der Waals surface area (Å²) in [5.74, 6) is 1.01. The summed E-state index contributed by atoms with van der Waals surface area (Å²) < 4.78 is 48.5. The maximum atomic E-state index is 13.0. The van der Waals surface area contributed by atoms with Gasteiger partial charge in [0.05, 0.1) is 50.1 Å². The highest BCUT2D eigenvalue weighted by molar-refractivity contribution is 7.89. The number of anilines is 1. The fourth-order valence-corrected chi connectivity index (χ4v) is 5.16. The molecule has 1 saturated heterocycles. The Morgan fingerprint density at radius 2 is 1.70 bits per heavy atom. The van der Waals surface area contributed by atoms with Crippen molar-refractivity contribution in [3.8, 4) is 17.2 Å². The fraction of sp³-hybridized carbons (Fsp3) is 0.409. The zero-order valence-electron chi connectivity index (χ0n) is 18.7. The first kappa shape index (κ1) is 25.1. The van der Waals surface area contributed by atoms with Crippen LogP contribution in [0.3, 0.4) is 0 Å². The summed E-state index contributed by atoms with van der Waals surface area (Å²) >= 11 is 6.11. The number of amides is 1. The third kappa shape index (κ3) is 5.89. The van der Waals surface area contributed by atoms with E-state index < -0.39 is 10.0 Å². The van der Waals surface area contributed by atoms with Gasteiger partial charge in [0.2, 0.25) is 15.9 Å². The van der Waals surface area contributed by atoms with E-state index >= 15 is 0 Å². The highest BCUT2D eigenvalue weighted by Gasteiger charge is 2.27. The summed E-state index contributed by atoms with van der Waals surface area (Å²) in [6.07, 6.45) is 0.361. The third-order valence-corrected chi connectivity index (χ3v) is 7.42. The number of rotatable bonds is 9. The van der Waals surface area contributed by atoms with Crippen molar-refractivity contribution >= 4 is 33.2 Å². The van der Waals surface area contributed by atoms with Gasteiger partial charge in [-0.05, 0) is 30.2 Å². The van der Waals surface area contributed by atoms with Crippen LogP contribution in [0.5, 0.6) is 17.2 Å². The van der Waals surface area contributed by atoms with Gasteiger partial charge >= 0.3 is 0 Å². The Hall–Kier alpha value is -2.53. The molecule has 1 heterocycles. The molecule has 0 bridgehead atoms. The van der Waals surface area contributed by atoms with Gasteiger partial charge in [-0.2, -0.15) is 4.31 Å². The zero-order chi connectivity index (χ0) is 24.0. The molecule has 0 unspecified atom stereocenters. The number of benzene rings is 2. The van der Waals surface area contributed by atoms with Gasteiger partial charge in [0.1, 0.15) is 17.2 Å². The number of ether oxygens (including phenoxy) is 4. The predicted octanol–water partition coefficient (Wildman–Crippen LogP) is 2.96. The maximum absolute atomic E-state index is 13.0. The SMILES string of the molecule is COc1cc(NC(=O)CCc2cc(S(=O)(=O)N3CCOCC3)ccc2OC)c(OC)cc1Cl. The molecule has 2 aromatic rings. The van der Waals surface area contributed by atoms with Crippen molar-refractivity contribution < 1.29 is 32.2 Å². The van der Waals surface area contributed by atoms with Crippen molar-refractivity contribution in [3.05, 3.63) is 40.9 Å². The van der Waals surface area contributed by atoms with Crippen LogP contribution in [-0.2, 0) is 26.0 Å². The van der Waals surface area contributed by atoms with Gasteiger partial charge in [-0.15, -0.1) is 0 Å². The van der Waals surface area contributed by atoms with Gasteiger partial charge in [0.15, 0.2) is 0 Å². The molecule has 1 amide bonds. The Labute approximate surface area is 198 Å². The summed E-state index contributed by atoms with van der Waals surface area (Å²) in [6.45, 7) is 1.33. The van der Waals surface area contributed by atoms with Crippen LogP contribution in [0.2, 0.25) is 5.02 Å². The molecule has 33 heavy (non-hydrogen) atoms. The van der Waals surface area contributed by atoms with Gasteiger partial charge in [-0.25, -0.2) is 8.42 Å². The molecular formula is C22H27ClN2O7S. The Kier molecular flexibility index (Phi) is 8.41. The second-order valence-corrected chi connectivity index (χ2v) is 9.57. The zero-order valence-corrected chi connectivity index (χ0v) is 20.3. The summed E-state index contributed by atoms with van der Waals surface area (Å²) in [5.41, 5.74) is 1.03. The average molecular weight is 499 g/mol. The number of aryl methyl sites for hydroxylation is 1. The molecule has 0 spiro atoms. The van der Waals surface area contributed by atoms with E-state index in [2.05, 4.69) is 5.32 Å². The van der Waals surface area contributed by atoms with Crippen LogP contribution in [0.1, 0.15) is 12.0 Å². The molecule has 180 valence electrons. The van der Waals surface area contributed by atoms with Gasteiger partial charge in [0.25, 0.3) is 0 Å². The molecule has 0 aliphatic carbocycles. The van der Waals surface area contributed by atoms with Crippen molar-refractivity contribution in [3.63, 3.8) is 0 Å². The van der Waals surface area contributed by atoms with Crippen molar-refractivity contribution in [2.75, 3.05) is 52.9 Å². The number of hydrogen-bond acceptors (Lipinski definition) is 7. The molecule has 1 fully saturated rings. The van der Waals surface area contributed by atoms with Crippen LogP contribution in [0.25, 0.3) is 0 Å². The van der Waals surface area contributed by atoms with Crippen LogP contribution < -0.4 is 19.5 Å². The summed E-state index contributed by atoms with van der Waals surface area (Å²) in [7, 11) is 0.784. The number of morpholine rings is 1. The van der Waals surface area contributed by atoms with E-state index in [1.807, 2.05) is 0 Å². The normalized spacial score (nSPS) is 14.5. The number of carbonyl (C=O) groups is 1. The molecule has 3 rings (SSSR count). The van der Waals surface area contributed by atoms with Crippen molar-refractivity contribution in [2.45, 2.75) is 17.7 Å². The Bertz CT molecular complexity index is 1100. The number of sulfonamides is 1. The first-order valence-electron chi connectivity index (χ1n) is 10.3. The minimum atomic E-state index is -3.66. The number of nitrogens with one attached hydrogen (secondary N) is 1. The smallest absolute Gasteiger partial charge is 0.243 e. The predicted molar refractivity (Wildman–Crippen MR) is 124 cm³/mol. The number of carbonyl (C=O) groups excluding carboxylic acids is 1. The second-order valence-electron chi connectivity index (χ2n) is 7.23. The second kappa shape index (κ2) is 11.1. The monoisotopic (exact) mass is 498 g/mol. The fourth-order valence-electron chi connectivity index (χ4n) is 3.47. The van der Waals surface area contributed by atoms with E-state index in [4.69, 9.17) is 30.5 Å². The molecule has 0 atom stereocenters. The summed E-state index contributed by atoms with van der Waals surface area (Å²) in [4.78, 5) is 12.8. The Morgan fingerprint density at radius 3 is 2.33 bits per heavy atom. The van der Waals surface area contributed by atoms with Crippen molar-refractivity contribution in [1.29, 1.82) is 0 Å². The molecule has 0 saturated carbocycles. The van der Waals surface area contributed by atoms with Crippen LogP contribution in [0.4, 0.5) is 5.69 Å². The standard InChI is InChI=1S/C22H27ClN2O7S/c1-29-19-6-5-16(33(27,28)25-8-10-32-11-9-25)12-15(19)4-7-22(26)24-18-14-20(30-2)17(23)13-21(18)31-3/h5-6,12-14H,4,7-11H2,1-3H3,(H,24,26). The van der Waals surface area contributed by atoms with E-state index in [0.29, 0.717) is 59.8 Å². The summed E-state index contributed by atoms with van der Waals surface area (Å²) in [5, 5.41) is 3.14. The average Bonchev–Trinajstić information content (AvgIpc) is 2.83.